The summed E-state index contributed by atoms with van der Waals surface area (Å²) in [6.45, 7) is 8.41. The number of unbranched alkanes of at least 4 members (excludes halogenated alkanes) is 2. The molecule has 160 valence electrons. The Morgan fingerprint density at radius 1 is 1.00 bits per heavy atom. The lowest BCUT2D eigenvalue weighted by molar-refractivity contribution is -0.153. The molecule has 0 aliphatic heterocycles. The number of ether oxygens (including phenoxy) is 3. The molecule has 0 atom stereocenters. The number of carbonyl (C=O) groups excluding carboxylic acids is 1. The summed E-state index contributed by atoms with van der Waals surface area (Å²) in [5.74, 6) is 1.59. The van der Waals surface area contributed by atoms with E-state index in [4.69, 9.17) is 14.2 Å². The van der Waals surface area contributed by atoms with E-state index >= 15 is 0 Å². The number of nitrogens with zero attached hydrogens (tertiary/aromatic N) is 2. The average molecular weight is 403 g/mol. The summed E-state index contributed by atoms with van der Waals surface area (Å²) >= 11 is 0. The minimum absolute atomic E-state index is 0.111. The molecule has 0 spiro atoms. The minimum atomic E-state index is -0.411. The Hall–Kier alpha value is -2.50. The van der Waals surface area contributed by atoms with Crippen LogP contribution in [-0.4, -0.2) is 35.3 Å². The zero-order valence-corrected chi connectivity index (χ0v) is 17.9. The Balaban J connectivity index is 1.55. The second-order valence-electron chi connectivity index (χ2n) is 7.74. The van der Waals surface area contributed by atoms with Crippen LogP contribution in [0.5, 0.6) is 11.5 Å². The highest BCUT2D eigenvalue weighted by molar-refractivity contribution is 5.75. The van der Waals surface area contributed by atoms with Gasteiger partial charge in [-0.3, -0.25) is 4.79 Å². The average Bonchev–Trinajstić information content (AvgIpc) is 3.22. The molecular formula is C23H34N2O4. The van der Waals surface area contributed by atoms with Gasteiger partial charge >= 0.3 is 5.97 Å². The number of aromatic nitrogens is 2. The monoisotopic (exact) mass is 402 g/mol. The molecule has 0 fully saturated rings. The summed E-state index contributed by atoms with van der Waals surface area (Å²) in [4.78, 5) is 15.9. The van der Waals surface area contributed by atoms with Crippen molar-refractivity contribution in [1.82, 2.24) is 9.55 Å². The molecular weight excluding hydrogens is 368 g/mol. The standard InChI is InChI=1S/C23H34N2O4/c1-4-27-22(26)23(2,3)13-6-5-7-17-28-20-9-11-21(12-10-20)29-18-8-15-25-16-14-24-19-25/h9-12,14,16,19H,4-8,13,15,17-18H2,1-3H3. The predicted octanol–water partition coefficient (Wildman–Crippen LogP) is 4.88. The number of esters is 1. The van der Waals surface area contributed by atoms with Gasteiger partial charge in [-0.15, -0.1) is 0 Å². The van der Waals surface area contributed by atoms with E-state index in [0.29, 0.717) is 19.8 Å². The van der Waals surface area contributed by atoms with E-state index in [1.54, 1.807) is 6.20 Å². The summed E-state index contributed by atoms with van der Waals surface area (Å²) in [6, 6.07) is 7.76. The third-order valence-corrected chi connectivity index (χ3v) is 4.76. The van der Waals surface area contributed by atoms with Gasteiger partial charge in [-0.05, 0) is 64.3 Å². The SMILES string of the molecule is CCOC(=O)C(C)(C)CCCCCOc1ccc(OCCCn2ccnc2)cc1. The number of rotatable bonds is 14. The highest BCUT2D eigenvalue weighted by Crippen LogP contribution is 2.25. The highest BCUT2D eigenvalue weighted by Gasteiger charge is 2.28. The molecule has 0 aliphatic carbocycles. The number of aryl methyl sites for hydroxylation is 1. The zero-order chi connectivity index (χ0) is 21.0. The van der Waals surface area contributed by atoms with Crippen molar-refractivity contribution in [3.63, 3.8) is 0 Å². The van der Waals surface area contributed by atoms with E-state index in [2.05, 4.69) is 4.98 Å². The van der Waals surface area contributed by atoms with Gasteiger partial charge < -0.3 is 18.8 Å². The first kappa shape index (κ1) is 22.8. The van der Waals surface area contributed by atoms with Crippen LogP contribution in [0.1, 0.15) is 52.9 Å². The van der Waals surface area contributed by atoms with Crippen molar-refractivity contribution in [2.75, 3.05) is 19.8 Å². The highest BCUT2D eigenvalue weighted by atomic mass is 16.5. The molecule has 0 amide bonds. The van der Waals surface area contributed by atoms with E-state index in [0.717, 1.165) is 50.1 Å². The molecule has 2 aromatic rings. The molecule has 6 heteroatoms. The quantitative estimate of drug-likeness (QED) is 0.333. The van der Waals surface area contributed by atoms with Gasteiger partial charge in [0.05, 0.1) is 31.6 Å². The fourth-order valence-electron chi connectivity index (χ4n) is 2.95. The van der Waals surface area contributed by atoms with E-state index in [1.807, 2.05) is 62.1 Å². The van der Waals surface area contributed by atoms with E-state index in [-0.39, 0.29) is 5.97 Å². The lowest BCUT2D eigenvalue weighted by Gasteiger charge is -2.21. The van der Waals surface area contributed by atoms with Gasteiger partial charge in [0.2, 0.25) is 0 Å². The van der Waals surface area contributed by atoms with Crippen molar-refractivity contribution in [3.05, 3.63) is 43.0 Å². The number of imidazole rings is 1. The third-order valence-electron chi connectivity index (χ3n) is 4.76. The van der Waals surface area contributed by atoms with E-state index in [9.17, 15) is 4.79 Å². The summed E-state index contributed by atoms with van der Waals surface area (Å²) in [7, 11) is 0. The molecule has 1 heterocycles. The summed E-state index contributed by atoms with van der Waals surface area (Å²) in [5.41, 5.74) is -0.411. The van der Waals surface area contributed by atoms with Crippen molar-refractivity contribution >= 4 is 5.97 Å². The Morgan fingerprint density at radius 3 is 2.24 bits per heavy atom. The van der Waals surface area contributed by atoms with Gasteiger partial charge in [0, 0.05) is 18.9 Å². The fourth-order valence-corrected chi connectivity index (χ4v) is 2.95. The summed E-state index contributed by atoms with van der Waals surface area (Å²) in [5, 5.41) is 0. The van der Waals surface area contributed by atoms with Crippen LogP contribution < -0.4 is 9.47 Å². The van der Waals surface area contributed by atoms with Crippen LogP contribution in [0.15, 0.2) is 43.0 Å². The molecule has 0 saturated carbocycles. The molecule has 0 radical (unpaired) electrons. The number of hydrogen-bond acceptors (Lipinski definition) is 5. The van der Waals surface area contributed by atoms with Crippen LogP contribution in [0.3, 0.4) is 0 Å². The number of benzene rings is 1. The molecule has 0 N–H and O–H groups in total. The van der Waals surface area contributed by atoms with Crippen LogP contribution in [0, 0.1) is 5.41 Å². The molecule has 0 aliphatic rings. The molecule has 0 bridgehead atoms. The molecule has 0 unspecified atom stereocenters. The molecule has 6 nitrogen and oxygen atoms in total. The first-order chi connectivity index (χ1) is 14.0. The van der Waals surface area contributed by atoms with Crippen molar-refractivity contribution in [3.8, 4) is 11.5 Å². The number of hydrogen-bond donors (Lipinski definition) is 0. The van der Waals surface area contributed by atoms with Crippen LogP contribution >= 0.6 is 0 Å². The Bertz CT molecular complexity index is 696. The normalized spacial score (nSPS) is 11.3. The second-order valence-corrected chi connectivity index (χ2v) is 7.74. The minimum Gasteiger partial charge on any atom is -0.494 e. The summed E-state index contributed by atoms with van der Waals surface area (Å²) in [6.07, 6.45) is 10.3. The van der Waals surface area contributed by atoms with Crippen molar-refractivity contribution in [2.24, 2.45) is 5.41 Å². The topological polar surface area (TPSA) is 62.6 Å². The van der Waals surface area contributed by atoms with Crippen molar-refractivity contribution in [1.29, 1.82) is 0 Å². The van der Waals surface area contributed by atoms with Gasteiger partial charge in [-0.1, -0.05) is 12.8 Å². The molecule has 29 heavy (non-hydrogen) atoms. The van der Waals surface area contributed by atoms with Crippen LogP contribution in [0.25, 0.3) is 0 Å². The largest absolute Gasteiger partial charge is 0.494 e. The summed E-state index contributed by atoms with van der Waals surface area (Å²) < 4.78 is 18.7. The van der Waals surface area contributed by atoms with Crippen LogP contribution in [0.2, 0.25) is 0 Å². The fraction of sp³-hybridized carbons (Fsp3) is 0.565. The van der Waals surface area contributed by atoms with Gasteiger partial charge in [-0.25, -0.2) is 4.98 Å². The van der Waals surface area contributed by atoms with Gasteiger partial charge in [0.25, 0.3) is 0 Å². The number of carbonyl (C=O) groups is 1. The maximum atomic E-state index is 11.9. The maximum Gasteiger partial charge on any atom is 0.311 e. The third kappa shape index (κ3) is 8.59. The van der Waals surface area contributed by atoms with Gasteiger partial charge in [-0.2, -0.15) is 0 Å². The van der Waals surface area contributed by atoms with E-state index < -0.39 is 5.41 Å². The lowest BCUT2D eigenvalue weighted by Crippen LogP contribution is -2.26. The van der Waals surface area contributed by atoms with Crippen molar-refractivity contribution < 1.29 is 19.0 Å². The van der Waals surface area contributed by atoms with E-state index in [1.165, 1.54) is 0 Å². The lowest BCUT2D eigenvalue weighted by atomic mass is 9.87. The zero-order valence-electron chi connectivity index (χ0n) is 17.9. The first-order valence-electron chi connectivity index (χ1n) is 10.5. The molecule has 1 aromatic heterocycles. The van der Waals surface area contributed by atoms with Gasteiger partial charge in [0.1, 0.15) is 11.5 Å². The Kier molecular flexibility index (Phi) is 9.54. The first-order valence-corrected chi connectivity index (χ1v) is 10.5. The van der Waals surface area contributed by atoms with Gasteiger partial charge in [0.15, 0.2) is 0 Å². The molecule has 1 aromatic carbocycles. The Labute approximate surface area is 174 Å². The second kappa shape index (κ2) is 12.1. The smallest absolute Gasteiger partial charge is 0.311 e. The molecule has 2 rings (SSSR count). The maximum absolute atomic E-state index is 11.9. The Morgan fingerprint density at radius 2 is 1.66 bits per heavy atom. The van der Waals surface area contributed by atoms with Crippen LogP contribution in [0.4, 0.5) is 0 Å². The van der Waals surface area contributed by atoms with Crippen LogP contribution in [-0.2, 0) is 16.1 Å². The predicted molar refractivity (Wildman–Crippen MR) is 113 cm³/mol. The molecule has 0 saturated heterocycles. The van der Waals surface area contributed by atoms with Crippen molar-refractivity contribution in [2.45, 2.75) is 59.4 Å².